The van der Waals surface area contributed by atoms with E-state index in [1.807, 2.05) is 6.07 Å². The third-order valence-electron chi connectivity index (χ3n) is 6.64. The van der Waals surface area contributed by atoms with Crippen LogP contribution in [0.2, 0.25) is 0 Å². The predicted molar refractivity (Wildman–Crippen MR) is 133 cm³/mol. The molecule has 3 aromatic rings. The average Bonchev–Trinajstić information content (AvgIpc) is 3.67. The number of fused-ring (bicyclic) bond motifs is 1. The molecule has 192 valence electrons. The van der Waals surface area contributed by atoms with E-state index in [9.17, 15) is 18.4 Å². The maximum atomic E-state index is 13.3. The fraction of sp³-hybridized carbons (Fsp3) is 0.360. The van der Waals surface area contributed by atoms with Gasteiger partial charge < -0.3 is 14.6 Å². The van der Waals surface area contributed by atoms with Gasteiger partial charge in [-0.1, -0.05) is 12.1 Å². The van der Waals surface area contributed by atoms with Gasteiger partial charge in [-0.15, -0.1) is 0 Å². The van der Waals surface area contributed by atoms with Crippen LogP contribution in [0.3, 0.4) is 0 Å². The van der Waals surface area contributed by atoms with E-state index in [1.54, 1.807) is 30.3 Å². The molecular formula is C25H24F2N6O3S. The Balaban J connectivity index is 1.32. The Kier molecular flexibility index (Phi) is 6.29. The SMILES string of the molecule is Cn1c(=O)c(C(=O)NCc2ccc(C#N)cc2)cc2ccnc(OCC3(S(=N)N4CC(F)(F)C4)CC3)c21. The molecule has 1 aromatic carbocycles. The first kappa shape index (κ1) is 25.0. The molecule has 1 atom stereocenters. The fourth-order valence-corrected chi connectivity index (χ4v) is 6.09. The van der Waals surface area contributed by atoms with E-state index in [4.69, 9.17) is 14.8 Å². The normalized spacial score (nSPS) is 18.4. The summed E-state index contributed by atoms with van der Waals surface area (Å²) in [6, 6.07) is 12.0. The second-order valence-electron chi connectivity index (χ2n) is 9.38. The van der Waals surface area contributed by atoms with Crippen molar-refractivity contribution in [1.29, 1.82) is 10.0 Å². The topological polar surface area (TPSA) is 124 Å². The van der Waals surface area contributed by atoms with Crippen LogP contribution in [0.1, 0.15) is 34.3 Å². The summed E-state index contributed by atoms with van der Waals surface area (Å²) in [5, 5.41) is 12.2. The molecule has 1 amide bonds. The number of aryl methyl sites for hydroxylation is 1. The predicted octanol–water partition coefficient (Wildman–Crippen LogP) is 2.89. The number of carbonyl (C=O) groups is 1. The van der Waals surface area contributed by atoms with Crippen LogP contribution in [-0.2, 0) is 24.5 Å². The van der Waals surface area contributed by atoms with Gasteiger partial charge in [0, 0.05) is 25.2 Å². The summed E-state index contributed by atoms with van der Waals surface area (Å²) in [6.45, 7) is -0.484. The Labute approximate surface area is 213 Å². The van der Waals surface area contributed by atoms with Gasteiger partial charge in [-0.2, -0.15) is 5.26 Å². The van der Waals surface area contributed by atoms with Crippen molar-refractivity contribution in [2.75, 3.05) is 19.7 Å². The second-order valence-corrected chi connectivity index (χ2v) is 11.3. The summed E-state index contributed by atoms with van der Waals surface area (Å²) < 4.78 is 43.3. The summed E-state index contributed by atoms with van der Waals surface area (Å²) in [4.78, 5) is 30.2. The van der Waals surface area contributed by atoms with Gasteiger partial charge in [0.25, 0.3) is 17.4 Å². The first-order valence-electron chi connectivity index (χ1n) is 11.6. The van der Waals surface area contributed by atoms with Crippen LogP contribution in [0.4, 0.5) is 8.78 Å². The van der Waals surface area contributed by atoms with Crippen molar-refractivity contribution in [2.45, 2.75) is 30.1 Å². The van der Waals surface area contributed by atoms with Crippen LogP contribution in [0.15, 0.2) is 47.4 Å². The van der Waals surface area contributed by atoms with Crippen molar-refractivity contribution >= 4 is 27.7 Å². The third kappa shape index (κ3) is 4.84. The number of hydrogen-bond donors (Lipinski definition) is 2. The number of amides is 1. The van der Waals surface area contributed by atoms with Gasteiger partial charge in [-0.05, 0) is 53.5 Å². The molecule has 1 unspecified atom stereocenters. The summed E-state index contributed by atoms with van der Waals surface area (Å²) in [5.41, 5.74) is 1.15. The van der Waals surface area contributed by atoms with E-state index in [1.165, 1.54) is 28.2 Å². The van der Waals surface area contributed by atoms with Crippen molar-refractivity contribution in [3.63, 3.8) is 0 Å². The standard InChI is InChI=1S/C25H24F2N6O3S/c1-32-20-18(10-19(23(32)35)21(34)31-12-17-4-2-16(11-28)3-5-17)6-9-30-22(20)36-15-24(7-8-24)37(29)33-13-25(26,27)14-33/h2-6,9-10,29H,7-8,12-15H2,1H3,(H,31,34). The molecule has 2 fully saturated rings. The minimum Gasteiger partial charge on any atom is -0.475 e. The molecule has 1 aliphatic heterocycles. The highest BCUT2D eigenvalue weighted by Crippen LogP contribution is 2.46. The van der Waals surface area contributed by atoms with Gasteiger partial charge in [-0.25, -0.2) is 18.1 Å². The van der Waals surface area contributed by atoms with Gasteiger partial charge in [0.1, 0.15) is 17.7 Å². The van der Waals surface area contributed by atoms with Gasteiger partial charge in [0.2, 0.25) is 5.88 Å². The molecule has 12 heteroatoms. The Hall–Kier alpha value is -3.69. The highest BCUT2D eigenvalue weighted by atomic mass is 32.2. The zero-order chi connectivity index (χ0) is 26.4. The fourth-order valence-electron chi connectivity index (χ4n) is 4.25. The summed E-state index contributed by atoms with van der Waals surface area (Å²) in [5.74, 6) is -3.07. The number of rotatable bonds is 8. The number of pyridine rings is 2. The number of nitrogens with zero attached hydrogens (tertiary/aromatic N) is 4. The molecule has 3 heterocycles. The summed E-state index contributed by atoms with van der Waals surface area (Å²) >= 11 is 0. The molecule has 0 radical (unpaired) electrons. The van der Waals surface area contributed by atoms with E-state index < -0.39 is 46.1 Å². The molecule has 0 bridgehead atoms. The number of benzene rings is 1. The lowest BCUT2D eigenvalue weighted by Gasteiger charge is -2.41. The highest BCUT2D eigenvalue weighted by Gasteiger charge is 2.55. The maximum absolute atomic E-state index is 13.3. The molecule has 9 nitrogen and oxygen atoms in total. The minimum absolute atomic E-state index is 0.0362. The third-order valence-corrected chi connectivity index (χ3v) is 8.76. The molecule has 1 saturated carbocycles. The van der Waals surface area contributed by atoms with Crippen LogP contribution < -0.4 is 15.6 Å². The van der Waals surface area contributed by atoms with E-state index >= 15 is 0 Å². The van der Waals surface area contributed by atoms with Crippen LogP contribution in [0.25, 0.3) is 10.9 Å². The quantitative estimate of drug-likeness (QED) is 0.465. The van der Waals surface area contributed by atoms with Gasteiger partial charge in [0.15, 0.2) is 0 Å². The molecular weight excluding hydrogens is 502 g/mol. The zero-order valence-electron chi connectivity index (χ0n) is 20.0. The number of carbonyl (C=O) groups excluding carboxylic acids is 1. The number of halogens is 2. The molecule has 2 aliphatic rings. The lowest BCUT2D eigenvalue weighted by atomic mass is 10.1. The molecule has 2 N–H and O–H groups in total. The van der Waals surface area contributed by atoms with E-state index in [0.29, 0.717) is 29.3 Å². The van der Waals surface area contributed by atoms with Crippen molar-refractivity contribution in [3.05, 3.63) is 69.6 Å². The Morgan fingerprint density at radius 1 is 1.27 bits per heavy atom. The zero-order valence-corrected chi connectivity index (χ0v) is 20.8. The van der Waals surface area contributed by atoms with Crippen LogP contribution in [-0.4, -0.2) is 50.1 Å². The van der Waals surface area contributed by atoms with E-state index in [-0.39, 0.29) is 24.6 Å². The average molecular weight is 527 g/mol. The smallest absolute Gasteiger partial charge is 0.274 e. The molecule has 0 spiro atoms. The molecule has 2 aromatic heterocycles. The Morgan fingerprint density at radius 3 is 2.59 bits per heavy atom. The number of nitrogens with one attached hydrogen (secondary N) is 2. The van der Waals surface area contributed by atoms with Crippen molar-refractivity contribution in [1.82, 2.24) is 19.2 Å². The van der Waals surface area contributed by atoms with Crippen LogP contribution >= 0.6 is 0 Å². The first-order chi connectivity index (χ1) is 17.6. The van der Waals surface area contributed by atoms with Gasteiger partial charge in [0.05, 0.1) is 29.5 Å². The second kappa shape index (κ2) is 9.32. The van der Waals surface area contributed by atoms with Crippen molar-refractivity contribution < 1.29 is 18.3 Å². The monoisotopic (exact) mass is 526 g/mol. The molecule has 37 heavy (non-hydrogen) atoms. The lowest BCUT2D eigenvalue weighted by molar-refractivity contribution is -0.0921. The molecule has 5 rings (SSSR count). The van der Waals surface area contributed by atoms with Gasteiger partial charge >= 0.3 is 0 Å². The molecule has 1 saturated heterocycles. The number of ether oxygens (including phenoxy) is 1. The largest absolute Gasteiger partial charge is 0.475 e. The number of nitriles is 1. The van der Waals surface area contributed by atoms with E-state index in [2.05, 4.69) is 10.3 Å². The highest BCUT2D eigenvalue weighted by molar-refractivity contribution is 7.85. The molecule has 1 aliphatic carbocycles. The number of hydrogen-bond acceptors (Lipinski definition) is 6. The minimum atomic E-state index is -2.73. The summed E-state index contributed by atoms with van der Waals surface area (Å²) in [7, 11) is 0.421. The Morgan fingerprint density at radius 2 is 1.97 bits per heavy atom. The van der Waals surface area contributed by atoms with Crippen LogP contribution in [0, 0.1) is 16.1 Å². The van der Waals surface area contributed by atoms with Gasteiger partial charge in [-0.3, -0.25) is 14.4 Å². The summed E-state index contributed by atoms with van der Waals surface area (Å²) in [6.07, 6.45) is 2.92. The van der Waals surface area contributed by atoms with E-state index in [0.717, 1.165) is 5.56 Å². The Bertz CT molecular complexity index is 1500. The maximum Gasteiger partial charge on any atom is 0.274 e. The van der Waals surface area contributed by atoms with Crippen molar-refractivity contribution in [3.8, 4) is 11.9 Å². The number of alkyl halides is 2. The number of aromatic nitrogens is 2. The first-order valence-corrected chi connectivity index (χ1v) is 12.8. The van der Waals surface area contributed by atoms with Crippen LogP contribution in [0.5, 0.6) is 5.88 Å². The lowest BCUT2D eigenvalue weighted by Crippen LogP contribution is -2.58. The van der Waals surface area contributed by atoms with Crippen molar-refractivity contribution in [2.24, 2.45) is 7.05 Å².